The molecule has 4 N–H and O–H groups in total. The van der Waals surface area contributed by atoms with Gasteiger partial charge in [0.25, 0.3) is 0 Å². The number of ether oxygens (including phenoxy) is 2. The van der Waals surface area contributed by atoms with Crippen molar-refractivity contribution in [2.45, 2.75) is 219 Å². The molecule has 0 radical (unpaired) electrons. The third-order valence-corrected chi connectivity index (χ3v) is 11.3. The Bertz CT molecular complexity index is 1200. The van der Waals surface area contributed by atoms with E-state index in [1.165, 1.54) is 109 Å². The molecule has 0 aromatic heterocycles. The number of carboxylic acid groups (broad SMARTS) is 1. The number of phosphoric ester groups is 1. The predicted octanol–water partition coefficient (Wildman–Crippen LogP) is 14.0. The maximum absolute atomic E-state index is 12.7. The fourth-order valence-electron chi connectivity index (χ4n) is 6.57. The molecule has 0 aromatic carbocycles. The van der Waals surface area contributed by atoms with E-state index in [1.807, 2.05) is 0 Å². The molecule has 0 saturated heterocycles. The molecule has 3 atom stereocenters. The van der Waals surface area contributed by atoms with E-state index in [-0.39, 0.29) is 13.0 Å². The Morgan fingerprint density at radius 1 is 0.541 bits per heavy atom. The van der Waals surface area contributed by atoms with Crippen molar-refractivity contribution < 1.29 is 42.7 Å². The lowest BCUT2D eigenvalue weighted by molar-refractivity contribution is -0.154. The summed E-state index contributed by atoms with van der Waals surface area (Å²) in [6.07, 6.45) is 55.6. The number of nitrogens with two attached hydrogens (primary N) is 1. The van der Waals surface area contributed by atoms with Gasteiger partial charge in [-0.15, -0.1) is 0 Å². The fraction of sp³-hybridized carbons (Fsp3) is 0.760. The molecule has 0 rings (SSSR count). The average molecular weight is 880 g/mol. The zero-order valence-electron chi connectivity index (χ0n) is 38.7. The molecule has 0 saturated carbocycles. The van der Waals surface area contributed by atoms with Crippen LogP contribution in [0.4, 0.5) is 0 Å². The highest BCUT2D eigenvalue weighted by Gasteiger charge is 2.27. The minimum atomic E-state index is -4.62. The summed E-state index contributed by atoms with van der Waals surface area (Å²) in [4.78, 5) is 33.6. The average Bonchev–Trinajstić information content (AvgIpc) is 3.24. The molecule has 0 aliphatic heterocycles. The van der Waals surface area contributed by atoms with E-state index in [0.29, 0.717) is 13.0 Å². The summed E-state index contributed by atoms with van der Waals surface area (Å²) in [6.45, 7) is 3.76. The summed E-state index contributed by atoms with van der Waals surface area (Å²) in [6, 6.07) is -1.48. The quantitative estimate of drug-likeness (QED) is 0.0233. The number of carboxylic acids is 1. The van der Waals surface area contributed by atoms with E-state index < -0.39 is 45.1 Å². The van der Waals surface area contributed by atoms with Crippen LogP contribution in [0.25, 0.3) is 0 Å². The van der Waals surface area contributed by atoms with E-state index in [0.717, 1.165) is 70.6 Å². The van der Waals surface area contributed by atoms with Crippen molar-refractivity contribution in [2.24, 2.45) is 5.73 Å². The Kier molecular flexibility index (Phi) is 43.9. The van der Waals surface area contributed by atoms with Gasteiger partial charge >= 0.3 is 19.8 Å². The number of phosphoric acid groups is 1. The lowest BCUT2D eigenvalue weighted by Gasteiger charge is -2.20. The molecule has 0 amide bonds. The SMILES string of the molecule is CC/C=C\C/C=C\C/C=C\C/C=C\C/C=C\CCCCCCCCCCOCC(COP(=O)(O)OCC(N)C(=O)O)OC(=O)CCCCCCCCCCCCCCCCC. The summed E-state index contributed by atoms with van der Waals surface area (Å²) >= 11 is 0. The van der Waals surface area contributed by atoms with Gasteiger partial charge in [-0.2, -0.15) is 0 Å². The smallest absolute Gasteiger partial charge is 0.472 e. The van der Waals surface area contributed by atoms with E-state index >= 15 is 0 Å². The molecule has 3 unspecified atom stereocenters. The van der Waals surface area contributed by atoms with Crippen LogP contribution in [0, 0.1) is 0 Å². The van der Waals surface area contributed by atoms with E-state index in [1.54, 1.807) is 0 Å². The van der Waals surface area contributed by atoms with E-state index in [2.05, 4.69) is 74.6 Å². The van der Waals surface area contributed by atoms with Crippen molar-refractivity contribution in [3.63, 3.8) is 0 Å². The zero-order valence-corrected chi connectivity index (χ0v) is 39.6. The zero-order chi connectivity index (χ0) is 44.8. The molecule has 0 spiro atoms. The van der Waals surface area contributed by atoms with Crippen LogP contribution < -0.4 is 5.73 Å². The third kappa shape index (κ3) is 45.5. The van der Waals surface area contributed by atoms with Crippen LogP contribution in [0.15, 0.2) is 60.8 Å². The molecule has 0 fully saturated rings. The summed E-state index contributed by atoms with van der Waals surface area (Å²) < 4.78 is 33.4. The first-order valence-electron chi connectivity index (χ1n) is 24.3. The second-order valence-corrected chi connectivity index (χ2v) is 17.7. The molecular weight excluding hydrogens is 790 g/mol. The van der Waals surface area contributed by atoms with Crippen molar-refractivity contribution in [2.75, 3.05) is 26.4 Å². The number of hydrogen-bond donors (Lipinski definition) is 3. The molecule has 0 heterocycles. The lowest BCUT2D eigenvalue weighted by atomic mass is 10.0. The largest absolute Gasteiger partial charge is 0.480 e. The summed E-state index contributed by atoms with van der Waals surface area (Å²) in [7, 11) is -4.62. The molecule has 0 aliphatic rings. The monoisotopic (exact) mass is 880 g/mol. The number of allylic oxidation sites excluding steroid dienone is 10. The first kappa shape index (κ1) is 58.7. The topological polar surface area (TPSA) is 155 Å². The number of unbranched alkanes of at least 4 members (excludes halogenated alkanes) is 22. The molecular formula is C50H90NO9P. The minimum absolute atomic E-state index is 0.0110. The van der Waals surface area contributed by atoms with Gasteiger partial charge in [-0.05, 0) is 57.8 Å². The standard InChI is InChI=1S/C50H90NO9P/c1-3-5-7-9-11-13-15-17-19-20-21-22-23-24-25-26-27-29-31-33-35-37-39-41-43-57-44-47(45-58-61(55,56)59-46-48(51)50(53)54)60-49(52)42-40-38-36-34-32-30-28-18-16-14-12-10-8-6-4-2/h5,7,11,13,17,19,21-22,24-25,47-48H,3-4,6,8-10,12,14-16,18,20,23,26-46,51H2,1-2H3,(H,53,54)(H,55,56)/b7-5-,13-11-,19-17-,22-21-,25-24-. The van der Waals surface area contributed by atoms with Gasteiger partial charge in [0.2, 0.25) is 0 Å². The number of esters is 1. The van der Waals surface area contributed by atoms with Gasteiger partial charge in [-0.3, -0.25) is 18.6 Å². The number of rotatable bonds is 46. The van der Waals surface area contributed by atoms with Crippen LogP contribution >= 0.6 is 7.82 Å². The first-order valence-corrected chi connectivity index (χ1v) is 25.8. The molecule has 0 aliphatic carbocycles. The second kappa shape index (κ2) is 45.7. The molecule has 11 heteroatoms. The minimum Gasteiger partial charge on any atom is -0.480 e. The first-order chi connectivity index (χ1) is 29.7. The van der Waals surface area contributed by atoms with E-state index in [9.17, 15) is 19.0 Å². The Morgan fingerprint density at radius 2 is 0.951 bits per heavy atom. The maximum atomic E-state index is 12.7. The predicted molar refractivity (Wildman–Crippen MR) is 254 cm³/mol. The molecule has 61 heavy (non-hydrogen) atoms. The van der Waals surface area contributed by atoms with Gasteiger partial charge in [0.15, 0.2) is 0 Å². The summed E-state index contributed by atoms with van der Waals surface area (Å²) in [5.41, 5.74) is 5.37. The van der Waals surface area contributed by atoms with Crippen molar-refractivity contribution in [3.8, 4) is 0 Å². The Labute approximate surface area is 372 Å². The van der Waals surface area contributed by atoms with Crippen molar-refractivity contribution >= 4 is 19.8 Å². The van der Waals surface area contributed by atoms with Crippen molar-refractivity contribution in [1.29, 1.82) is 0 Å². The third-order valence-electron chi connectivity index (χ3n) is 10.3. The van der Waals surface area contributed by atoms with Crippen molar-refractivity contribution in [3.05, 3.63) is 60.8 Å². The van der Waals surface area contributed by atoms with Crippen LogP contribution in [-0.2, 0) is 32.7 Å². The highest BCUT2D eigenvalue weighted by atomic mass is 31.2. The Balaban J connectivity index is 4.16. The molecule has 0 aromatic rings. The van der Waals surface area contributed by atoms with Gasteiger partial charge in [-0.25, -0.2) is 4.57 Å². The van der Waals surface area contributed by atoms with Gasteiger partial charge in [0.05, 0.1) is 19.8 Å². The van der Waals surface area contributed by atoms with Crippen molar-refractivity contribution in [1.82, 2.24) is 0 Å². The molecule has 0 bridgehead atoms. The number of aliphatic carboxylic acids is 1. The number of hydrogen-bond acceptors (Lipinski definition) is 8. The van der Waals surface area contributed by atoms with Crippen LogP contribution in [0.3, 0.4) is 0 Å². The number of carbonyl (C=O) groups is 2. The Hall–Kier alpha value is -2.33. The highest BCUT2D eigenvalue weighted by molar-refractivity contribution is 7.47. The van der Waals surface area contributed by atoms with Crippen LogP contribution in [-0.4, -0.2) is 60.5 Å². The van der Waals surface area contributed by atoms with Gasteiger partial charge < -0.3 is 25.2 Å². The summed E-state index contributed by atoms with van der Waals surface area (Å²) in [5, 5.41) is 8.92. The highest BCUT2D eigenvalue weighted by Crippen LogP contribution is 2.43. The van der Waals surface area contributed by atoms with Crippen LogP contribution in [0.5, 0.6) is 0 Å². The van der Waals surface area contributed by atoms with Gasteiger partial charge in [0, 0.05) is 13.0 Å². The fourth-order valence-corrected chi connectivity index (χ4v) is 7.35. The second-order valence-electron chi connectivity index (χ2n) is 16.2. The van der Waals surface area contributed by atoms with E-state index in [4.69, 9.17) is 29.4 Å². The molecule has 10 nitrogen and oxygen atoms in total. The van der Waals surface area contributed by atoms with Gasteiger partial charge in [-0.1, -0.05) is 203 Å². The maximum Gasteiger partial charge on any atom is 0.472 e. The van der Waals surface area contributed by atoms with Crippen LogP contribution in [0.1, 0.15) is 206 Å². The van der Waals surface area contributed by atoms with Gasteiger partial charge in [0.1, 0.15) is 12.1 Å². The Morgan fingerprint density at radius 3 is 1.43 bits per heavy atom. The lowest BCUT2D eigenvalue weighted by Crippen LogP contribution is -2.34. The van der Waals surface area contributed by atoms with Crippen LogP contribution in [0.2, 0.25) is 0 Å². The summed E-state index contributed by atoms with van der Waals surface area (Å²) in [5.74, 6) is -1.78. The number of carbonyl (C=O) groups excluding carboxylic acids is 1. The normalized spacial score (nSPS) is 14.3. The molecule has 354 valence electrons.